The fourth-order valence-electron chi connectivity index (χ4n) is 0.250. The van der Waals surface area contributed by atoms with Crippen molar-refractivity contribution in [2.45, 2.75) is 55.4 Å². The molecule has 0 bridgehead atoms. The molecule has 126 valence electrons. The van der Waals surface area contributed by atoms with E-state index in [9.17, 15) is 0 Å². The Morgan fingerprint density at radius 3 is 0.682 bits per heavy atom. The Bertz CT molecular complexity index is 278. The van der Waals surface area contributed by atoms with Crippen LogP contribution in [0.25, 0.3) is 0 Å². The monoisotopic (exact) mass is 435 g/mol. The second kappa shape index (κ2) is 43.0. The van der Waals surface area contributed by atoms with Gasteiger partial charge in [-0.25, -0.2) is 0 Å². The second-order valence-electron chi connectivity index (χ2n) is 1.25. The van der Waals surface area contributed by atoms with Gasteiger partial charge >= 0.3 is 0 Å². The van der Waals surface area contributed by atoms with Crippen molar-refractivity contribution >= 4 is 59.6 Å². The van der Waals surface area contributed by atoms with Crippen LogP contribution in [-0.2, 0) is 0 Å². The summed E-state index contributed by atoms with van der Waals surface area (Å²) < 4.78 is 26.8. The van der Waals surface area contributed by atoms with Crippen LogP contribution in [0.3, 0.4) is 0 Å². The summed E-state index contributed by atoms with van der Waals surface area (Å²) in [7, 11) is 5.46. The number of aromatic nitrogens is 3. The van der Waals surface area contributed by atoms with E-state index in [1.165, 1.54) is 0 Å². The highest BCUT2D eigenvalue weighted by molar-refractivity contribution is 7.50. The molecule has 1 aliphatic rings. The molecule has 1 aromatic rings. The zero-order valence-electron chi connectivity index (χ0n) is 14.3. The van der Waals surface area contributed by atoms with Gasteiger partial charge in [0.15, 0.2) is 59.6 Å². The molecule has 0 spiro atoms. The molecule has 0 amide bonds. The van der Waals surface area contributed by atoms with Crippen molar-refractivity contribution < 1.29 is 0 Å². The summed E-state index contributed by atoms with van der Waals surface area (Å²) in [5, 5.41) is 0. The van der Waals surface area contributed by atoms with Gasteiger partial charge in [0.25, 0.3) is 0 Å². The van der Waals surface area contributed by atoms with Crippen molar-refractivity contribution in [1.29, 1.82) is 0 Å². The largest absolute Gasteiger partial charge is 0.166 e. The molecule has 2 heterocycles. The van der Waals surface area contributed by atoms with Gasteiger partial charge in [-0.15, -0.1) is 0 Å². The minimum atomic E-state index is 0.743. The summed E-state index contributed by atoms with van der Waals surface area (Å²) in [6, 6.07) is 0. The number of rotatable bonds is 0. The lowest BCUT2D eigenvalue weighted by molar-refractivity contribution is 1.50. The summed E-state index contributed by atoms with van der Waals surface area (Å²) in [4.78, 5) is 0. The molecule has 0 saturated carbocycles. The third-order valence-electron chi connectivity index (χ3n) is 0.560. The van der Waals surface area contributed by atoms with E-state index in [-0.39, 0.29) is 0 Å². The van der Waals surface area contributed by atoms with E-state index < -0.39 is 0 Å². The Morgan fingerprint density at radius 1 is 0.364 bits per heavy atom. The van der Waals surface area contributed by atoms with Crippen LogP contribution >= 0.6 is 59.6 Å². The number of nitrogens with zero attached hydrogens (tertiary/aromatic N) is 7. The molecular formula is C8H24N7P7. The summed E-state index contributed by atoms with van der Waals surface area (Å²) in [5.74, 6) is 0. The van der Waals surface area contributed by atoms with Crippen LogP contribution in [0.2, 0.25) is 0 Å². The first-order valence-corrected chi connectivity index (χ1v) is 12.4. The van der Waals surface area contributed by atoms with Gasteiger partial charge < -0.3 is 0 Å². The van der Waals surface area contributed by atoms with E-state index >= 15 is 0 Å². The third kappa shape index (κ3) is 37.2. The number of hydrogen-bond donors (Lipinski definition) is 0. The molecule has 0 aliphatic carbocycles. The third-order valence-corrected chi connectivity index (χ3v) is 5.04. The first-order valence-electron chi connectivity index (χ1n) is 6.80. The Balaban J connectivity index is -0.000000103. The highest BCUT2D eigenvalue weighted by Crippen LogP contribution is 2.27. The van der Waals surface area contributed by atoms with E-state index in [0.717, 1.165) is 59.6 Å². The molecule has 0 unspecified atom stereocenters. The minimum absolute atomic E-state index is 0.743. The molecule has 1 aliphatic heterocycles. The molecule has 1 aromatic heterocycles. The van der Waals surface area contributed by atoms with Crippen molar-refractivity contribution in [3.63, 3.8) is 0 Å². The maximum Gasteiger partial charge on any atom is 0.166 e. The van der Waals surface area contributed by atoms with E-state index in [1.54, 1.807) is 0 Å². The smallest absolute Gasteiger partial charge is 0.166 e. The van der Waals surface area contributed by atoms with Gasteiger partial charge in [-0.2, -0.15) is 31.6 Å². The molecule has 22 heavy (non-hydrogen) atoms. The quantitative estimate of drug-likeness (QED) is 0.380. The van der Waals surface area contributed by atoms with E-state index in [1.807, 2.05) is 55.4 Å². The topological polar surface area (TPSA) is 88.1 Å². The Hall–Kier alpha value is 0.700. The molecule has 0 aromatic carbocycles. The minimum Gasteiger partial charge on any atom is -0.166 e. The second-order valence-corrected chi connectivity index (χ2v) is 7.51. The van der Waals surface area contributed by atoms with Gasteiger partial charge in [-0.1, -0.05) is 55.4 Å². The van der Waals surface area contributed by atoms with Gasteiger partial charge in [0.1, 0.15) is 0 Å². The SMILES string of the molecule is CC.CC.CC.CC.N1=PN=PN=PN=P1.n1pnpnp1. The Labute approximate surface area is 146 Å². The molecule has 0 N–H and O–H groups in total. The lowest BCUT2D eigenvalue weighted by atomic mass is 11.0. The van der Waals surface area contributed by atoms with Crippen molar-refractivity contribution in [2.24, 2.45) is 18.1 Å². The normalized spacial score (nSPS) is 13.1. The molecule has 0 atom stereocenters. The Morgan fingerprint density at radius 2 is 0.545 bits per heavy atom. The Kier molecular flexibility index (Phi) is 59.8. The summed E-state index contributed by atoms with van der Waals surface area (Å²) in [6.45, 7) is 16.0. The van der Waals surface area contributed by atoms with Crippen LogP contribution < -0.4 is 0 Å². The van der Waals surface area contributed by atoms with Crippen molar-refractivity contribution in [2.75, 3.05) is 0 Å². The highest BCUT2D eigenvalue weighted by Gasteiger charge is 1.72. The molecule has 7 nitrogen and oxygen atoms in total. The lowest BCUT2D eigenvalue weighted by Crippen LogP contribution is -1.47. The molecule has 2 rings (SSSR count). The number of hydrogen-bond acceptors (Lipinski definition) is 7. The van der Waals surface area contributed by atoms with Crippen LogP contribution in [0, 0.1) is 0 Å². The average Bonchev–Trinajstić information content (AvgIpc) is 2.63. The van der Waals surface area contributed by atoms with Gasteiger partial charge in [-0.3, -0.25) is 0 Å². The van der Waals surface area contributed by atoms with Crippen molar-refractivity contribution in [1.82, 2.24) is 13.5 Å². The maximum atomic E-state index is 3.87. The average molecular weight is 435 g/mol. The van der Waals surface area contributed by atoms with Gasteiger partial charge in [-0.05, 0) is 0 Å². The molecule has 14 heteroatoms. The standard InChI is InChI=1S/4C2H6.N4P4.N3P3/c4*1-2;1-5-2-7-4-8-3-6-1;1-4-2-6-3-5-1/h4*1-2H3;;. The van der Waals surface area contributed by atoms with Gasteiger partial charge in [0, 0.05) is 0 Å². The maximum absolute atomic E-state index is 3.87. The fraction of sp³-hybridized carbons (Fsp3) is 1.00. The van der Waals surface area contributed by atoms with E-state index in [0.29, 0.717) is 0 Å². The van der Waals surface area contributed by atoms with Crippen LogP contribution in [0.5, 0.6) is 0 Å². The fourth-order valence-corrected chi connectivity index (χ4v) is 4.51. The van der Waals surface area contributed by atoms with E-state index in [2.05, 4.69) is 31.6 Å². The highest BCUT2D eigenvalue weighted by atomic mass is 31.1. The summed E-state index contributed by atoms with van der Waals surface area (Å²) in [5.41, 5.74) is 0. The lowest BCUT2D eigenvalue weighted by Gasteiger charge is -1.71. The predicted molar refractivity (Wildman–Crippen MR) is 110 cm³/mol. The van der Waals surface area contributed by atoms with Gasteiger partial charge in [0.2, 0.25) is 0 Å². The summed E-state index contributed by atoms with van der Waals surface area (Å²) in [6.07, 6.45) is 0. The van der Waals surface area contributed by atoms with Crippen LogP contribution in [0.1, 0.15) is 55.4 Å². The van der Waals surface area contributed by atoms with Gasteiger partial charge in [0.05, 0.1) is 0 Å². The zero-order chi connectivity index (χ0) is 17.9. The molecule has 0 radical (unpaired) electrons. The van der Waals surface area contributed by atoms with Crippen LogP contribution in [-0.4, -0.2) is 13.5 Å². The molecule has 0 saturated heterocycles. The summed E-state index contributed by atoms with van der Waals surface area (Å²) >= 11 is 0. The van der Waals surface area contributed by atoms with Crippen molar-refractivity contribution in [3.05, 3.63) is 0 Å². The van der Waals surface area contributed by atoms with E-state index in [4.69, 9.17) is 0 Å². The van der Waals surface area contributed by atoms with Crippen LogP contribution in [0.15, 0.2) is 18.1 Å². The predicted octanol–water partition coefficient (Wildman–Crippen LogP) is 9.90. The van der Waals surface area contributed by atoms with Crippen molar-refractivity contribution in [3.8, 4) is 0 Å². The first kappa shape index (κ1) is 30.6. The first-order chi connectivity index (χ1) is 11.0. The molecular weight excluding hydrogens is 411 g/mol. The molecule has 0 fully saturated rings. The van der Waals surface area contributed by atoms with Crippen LogP contribution in [0.4, 0.5) is 0 Å². The zero-order valence-corrected chi connectivity index (χ0v) is 20.5.